The van der Waals surface area contributed by atoms with E-state index in [1.54, 1.807) is 0 Å². The fourth-order valence-electron chi connectivity index (χ4n) is 14.0. The highest BCUT2D eigenvalue weighted by Crippen LogP contribution is 2.71. The molecule has 8 N–H and O–H groups in total. The Labute approximate surface area is 346 Å². The molecule has 1 spiro atoms. The number of aliphatic hydroxyl groups excluding tert-OH is 8. The van der Waals surface area contributed by atoms with Gasteiger partial charge in [-0.1, -0.05) is 27.7 Å². The standard InChI is InChI=1S/C43H70O16/c1-19-7-12-43(55-15-19)20(2)30-28(59-43)14-25-23-6-5-21-13-22(8-10-41(21,3)24(23)9-11-42(25,30)4)56-40-36(51)33(48)37(58-39-35(50)32(47)27(45)17-53-39)29(57-40)18-54-38-34(49)31(46)26(44)16-52-38/h19-40,44-51H,5-18H2,1-4H3/t19-,20-,21+,22-,23?,24?,25?,26-,27-,28-,29+,30?,31-,32-,33+,34+,35+,36+,37+,38-,39-,40+,41-,42-,43+/m0/s1. The third kappa shape index (κ3) is 7.38. The fourth-order valence-corrected chi connectivity index (χ4v) is 14.0. The van der Waals surface area contributed by atoms with E-state index in [-0.39, 0.29) is 42.9 Å². The van der Waals surface area contributed by atoms with Crippen LogP contribution in [0, 0.1) is 52.3 Å². The minimum atomic E-state index is -1.68. The summed E-state index contributed by atoms with van der Waals surface area (Å²) in [5.41, 5.74) is 0.392. The van der Waals surface area contributed by atoms with Gasteiger partial charge in [0.05, 0.1) is 38.6 Å². The van der Waals surface area contributed by atoms with Crippen LogP contribution in [0.3, 0.4) is 0 Å². The molecule has 338 valence electrons. The van der Waals surface area contributed by atoms with Crippen molar-refractivity contribution in [1.29, 1.82) is 0 Å². The van der Waals surface area contributed by atoms with Crippen molar-refractivity contribution in [1.82, 2.24) is 0 Å². The van der Waals surface area contributed by atoms with Crippen LogP contribution in [-0.4, -0.2) is 165 Å². The van der Waals surface area contributed by atoms with Crippen LogP contribution in [0.2, 0.25) is 0 Å². The van der Waals surface area contributed by atoms with E-state index in [9.17, 15) is 40.9 Å². The van der Waals surface area contributed by atoms with E-state index in [1.165, 1.54) is 19.3 Å². The lowest BCUT2D eigenvalue weighted by atomic mass is 9.44. The smallest absolute Gasteiger partial charge is 0.186 e. The number of rotatable bonds is 7. The molecule has 0 amide bonds. The second-order valence-corrected chi connectivity index (χ2v) is 20.7. The number of fused-ring (bicyclic) bond motifs is 7. The molecule has 4 saturated carbocycles. The van der Waals surface area contributed by atoms with Gasteiger partial charge in [-0.15, -0.1) is 0 Å². The van der Waals surface area contributed by atoms with Crippen LogP contribution in [0.1, 0.15) is 91.9 Å². The maximum Gasteiger partial charge on any atom is 0.186 e. The van der Waals surface area contributed by atoms with E-state index in [0.717, 1.165) is 51.6 Å². The highest BCUT2D eigenvalue weighted by atomic mass is 16.8. The molecule has 0 aromatic carbocycles. The minimum Gasteiger partial charge on any atom is -0.388 e. The predicted octanol–water partition coefficient (Wildman–Crippen LogP) is 0.545. The third-order valence-corrected chi connectivity index (χ3v) is 17.5. The zero-order valence-corrected chi connectivity index (χ0v) is 34.9. The van der Waals surface area contributed by atoms with Gasteiger partial charge in [-0.2, -0.15) is 0 Å². The molecule has 5 heterocycles. The van der Waals surface area contributed by atoms with Crippen LogP contribution < -0.4 is 0 Å². The molecule has 9 aliphatic rings. The molecular weight excluding hydrogens is 772 g/mol. The Morgan fingerprint density at radius 1 is 0.627 bits per heavy atom. The second-order valence-electron chi connectivity index (χ2n) is 20.7. The van der Waals surface area contributed by atoms with Crippen molar-refractivity contribution < 1.29 is 78.7 Å². The summed E-state index contributed by atoms with van der Waals surface area (Å²) in [6.07, 6.45) is -8.46. The lowest BCUT2D eigenvalue weighted by Crippen LogP contribution is -2.64. The lowest BCUT2D eigenvalue weighted by Gasteiger charge is -2.61. The van der Waals surface area contributed by atoms with Crippen molar-refractivity contribution in [2.75, 3.05) is 26.4 Å². The SMILES string of the molecule is C[C@H]1CC[C@@]2(OC1)O[C@H]1CC3C4CC[C@@H]5C[C@@H](O[C@@H]6O[C@H](CO[C@@H]7OC[C@H](O)[C@H](O)[C@H]7O)[C@@H](O[C@@H]7OC[C@H](O)[C@H](O)[C@H]7O)[C@H](O)[C@H]6O)CC[C@]5(C)C4CC[C@]3(C)C1[C@@H]2C. The number of hydrogen-bond donors (Lipinski definition) is 8. The van der Waals surface area contributed by atoms with E-state index in [4.69, 9.17) is 37.9 Å². The van der Waals surface area contributed by atoms with E-state index >= 15 is 0 Å². The van der Waals surface area contributed by atoms with E-state index in [0.29, 0.717) is 41.4 Å². The Balaban J connectivity index is 0.855. The Kier molecular flexibility index (Phi) is 12.1. The molecule has 25 atom stereocenters. The lowest BCUT2D eigenvalue weighted by molar-refractivity contribution is -0.362. The molecule has 59 heavy (non-hydrogen) atoms. The van der Waals surface area contributed by atoms with E-state index in [1.807, 2.05) is 0 Å². The van der Waals surface area contributed by atoms with Crippen molar-refractivity contribution in [3.8, 4) is 0 Å². The molecule has 0 bridgehead atoms. The normalized spacial score (nSPS) is 58.8. The number of ether oxygens (including phenoxy) is 8. The first-order valence-electron chi connectivity index (χ1n) is 22.6. The monoisotopic (exact) mass is 842 g/mol. The van der Waals surface area contributed by atoms with Crippen molar-refractivity contribution in [2.24, 2.45) is 52.3 Å². The van der Waals surface area contributed by atoms with Gasteiger partial charge in [0.15, 0.2) is 24.7 Å². The Morgan fingerprint density at radius 2 is 1.31 bits per heavy atom. The van der Waals surface area contributed by atoms with Gasteiger partial charge >= 0.3 is 0 Å². The van der Waals surface area contributed by atoms with Gasteiger partial charge in [-0.3, -0.25) is 0 Å². The highest BCUT2D eigenvalue weighted by Gasteiger charge is 2.69. The Hall–Kier alpha value is -0.640. The van der Waals surface area contributed by atoms with Crippen molar-refractivity contribution in [3.05, 3.63) is 0 Å². The maximum atomic E-state index is 11.5. The summed E-state index contributed by atoms with van der Waals surface area (Å²) in [4.78, 5) is 0. The first-order valence-corrected chi connectivity index (χ1v) is 22.6. The molecule has 0 aromatic heterocycles. The van der Waals surface area contributed by atoms with Gasteiger partial charge < -0.3 is 78.7 Å². The highest BCUT2D eigenvalue weighted by molar-refractivity contribution is 5.15. The van der Waals surface area contributed by atoms with Crippen LogP contribution in [-0.2, 0) is 37.9 Å². The van der Waals surface area contributed by atoms with Gasteiger partial charge in [-0.05, 0) is 104 Å². The summed E-state index contributed by atoms with van der Waals surface area (Å²) < 4.78 is 48.9. The van der Waals surface area contributed by atoms with Gasteiger partial charge in [0.1, 0.15) is 61.0 Å². The third-order valence-electron chi connectivity index (χ3n) is 17.5. The summed E-state index contributed by atoms with van der Waals surface area (Å²) in [5, 5.41) is 84.4. The van der Waals surface area contributed by atoms with E-state index in [2.05, 4.69) is 27.7 Å². The van der Waals surface area contributed by atoms with Crippen molar-refractivity contribution in [3.63, 3.8) is 0 Å². The first-order chi connectivity index (χ1) is 28.0. The predicted molar refractivity (Wildman–Crippen MR) is 204 cm³/mol. The molecule has 9 fully saturated rings. The maximum absolute atomic E-state index is 11.5. The van der Waals surface area contributed by atoms with Crippen molar-refractivity contribution >= 4 is 0 Å². The van der Waals surface area contributed by atoms with Gasteiger partial charge in [0.2, 0.25) is 0 Å². The Bertz CT molecular complexity index is 1470. The molecule has 16 nitrogen and oxygen atoms in total. The first kappa shape index (κ1) is 43.6. The summed E-state index contributed by atoms with van der Waals surface area (Å²) in [7, 11) is 0. The summed E-state index contributed by atoms with van der Waals surface area (Å²) >= 11 is 0. The number of aliphatic hydroxyl groups is 8. The molecule has 4 unspecified atom stereocenters. The minimum absolute atomic E-state index is 0.150. The second kappa shape index (κ2) is 16.4. The molecule has 16 heteroatoms. The van der Waals surface area contributed by atoms with E-state index < -0.39 is 85.7 Å². The summed E-state index contributed by atoms with van der Waals surface area (Å²) in [5.74, 6) is 3.40. The number of hydrogen-bond acceptors (Lipinski definition) is 16. The fraction of sp³-hybridized carbons (Fsp3) is 1.00. The summed E-state index contributed by atoms with van der Waals surface area (Å²) in [6, 6.07) is 0. The summed E-state index contributed by atoms with van der Waals surface area (Å²) in [6.45, 7) is 9.48. The van der Waals surface area contributed by atoms with Gasteiger partial charge in [-0.25, -0.2) is 0 Å². The molecule has 0 radical (unpaired) electrons. The van der Waals surface area contributed by atoms with Crippen LogP contribution >= 0.6 is 0 Å². The quantitative estimate of drug-likeness (QED) is 0.164. The van der Waals surface area contributed by atoms with Crippen LogP contribution in [0.5, 0.6) is 0 Å². The van der Waals surface area contributed by atoms with Crippen molar-refractivity contribution in [2.45, 2.75) is 190 Å². The molecular formula is C43H70O16. The van der Waals surface area contributed by atoms with Gasteiger partial charge in [0.25, 0.3) is 0 Å². The average molecular weight is 843 g/mol. The molecule has 4 aliphatic carbocycles. The zero-order chi connectivity index (χ0) is 41.8. The van der Waals surface area contributed by atoms with Crippen LogP contribution in [0.25, 0.3) is 0 Å². The molecule has 0 aromatic rings. The molecule has 5 aliphatic heterocycles. The average Bonchev–Trinajstić information content (AvgIpc) is 3.66. The molecule has 5 saturated heterocycles. The van der Waals surface area contributed by atoms with Gasteiger partial charge in [0, 0.05) is 12.3 Å². The molecule has 9 rings (SSSR count). The Morgan fingerprint density at radius 3 is 2.02 bits per heavy atom. The van der Waals surface area contributed by atoms with Crippen LogP contribution in [0.15, 0.2) is 0 Å². The van der Waals surface area contributed by atoms with Crippen LogP contribution in [0.4, 0.5) is 0 Å². The topological polar surface area (TPSA) is 236 Å². The zero-order valence-electron chi connectivity index (χ0n) is 34.9. The largest absolute Gasteiger partial charge is 0.388 e.